The Morgan fingerprint density at radius 2 is 1.56 bits per heavy atom. The molecule has 0 spiro atoms. The molecule has 2 rings (SSSR count). The third-order valence-electron chi connectivity index (χ3n) is 3.74. The fourth-order valence-corrected chi connectivity index (χ4v) is 2.32. The molecule has 0 atom stereocenters. The first-order valence-corrected chi connectivity index (χ1v) is 7.96. The molecule has 0 aliphatic heterocycles. The van der Waals surface area contributed by atoms with Crippen LogP contribution in [-0.2, 0) is 13.1 Å². The molecule has 27 heavy (non-hydrogen) atoms. The zero-order valence-electron chi connectivity index (χ0n) is 15.4. The number of benzene rings is 2. The molecule has 0 aliphatic rings. The summed E-state index contributed by atoms with van der Waals surface area (Å²) in [6.07, 6.45) is 0. The monoisotopic (exact) mass is 486 g/mol. The van der Waals surface area contributed by atoms with Crippen LogP contribution in [-0.4, -0.2) is 32.2 Å². The summed E-state index contributed by atoms with van der Waals surface area (Å²) in [4.78, 5) is 14.4. The van der Waals surface area contributed by atoms with E-state index in [-0.39, 0.29) is 29.7 Å². The van der Waals surface area contributed by atoms with Crippen LogP contribution >= 0.6 is 24.0 Å². The van der Waals surface area contributed by atoms with Gasteiger partial charge in [0.05, 0.1) is 19.1 Å². The second kappa shape index (κ2) is 11.2. The van der Waals surface area contributed by atoms with Crippen molar-refractivity contribution < 1.29 is 14.4 Å². The summed E-state index contributed by atoms with van der Waals surface area (Å²) in [5.74, 6) is 1.97. The maximum atomic E-state index is 10.7. The van der Waals surface area contributed by atoms with Gasteiger partial charge in [0.15, 0.2) is 17.5 Å². The maximum absolute atomic E-state index is 10.7. The summed E-state index contributed by atoms with van der Waals surface area (Å²) in [5.41, 5.74) is 2.01. The van der Waals surface area contributed by atoms with Crippen molar-refractivity contribution in [3.05, 3.63) is 63.7 Å². The van der Waals surface area contributed by atoms with Gasteiger partial charge in [-0.25, -0.2) is 0 Å². The Hall–Kier alpha value is -2.56. The van der Waals surface area contributed by atoms with Gasteiger partial charge in [0.25, 0.3) is 5.69 Å². The molecule has 0 amide bonds. The van der Waals surface area contributed by atoms with Crippen LogP contribution in [0.3, 0.4) is 0 Å². The van der Waals surface area contributed by atoms with Crippen molar-refractivity contribution in [2.75, 3.05) is 21.3 Å². The predicted octanol–water partition coefficient (Wildman–Crippen LogP) is 3.10. The smallest absolute Gasteiger partial charge is 0.269 e. The third kappa shape index (κ3) is 6.59. The van der Waals surface area contributed by atoms with Gasteiger partial charge in [-0.05, 0) is 23.3 Å². The van der Waals surface area contributed by atoms with Gasteiger partial charge in [0.2, 0.25) is 0 Å². The van der Waals surface area contributed by atoms with E-state index in [2.05, 4.69) is 15.6 Å². The topological polar surface area (TPSA) is 98.0 Å². The number of nitro groups is 1. The van der Waals surface area contributed by atoms with Crippen molar-refractivity contribution in [1.82, 2.24) is 10.6 Å². The molecular weight excluding hydrogens is 463 g/mol. The van der Waals surface area contributed by atoms with Gasteiger partial charge < -0.3 is 20.1 Å². The third-order valence-corrected chi connectivity index (χ3v) is 3.74. The molecule has 146 valence electrons. The fraction of sp³-hybridized carbons (Fsp3) is 0.278. The lowest BCUT2D eigenvalue weighted by atomic mass is 10.2. The zero-order chi connectivity index (χ0) is 18.9. The minimum Gasteiger partial charge on any atom is -0.493 e. The Morgan fingerprint density at radius 3 is 2.07 bits per heavy atom. The number of halogens is 1. The van der Waals surface area contributed by atoms with Crippen molar-refractivity contribution in [2.24, 2.45) is 4.99 Å². The highest BCUT2D eigenvalue weighted by molar-refractivity contribution is 14.0. The molecule has 0 bridgehead atoms. The van der Waals surface area contributed by atoms with Crippen LogP contribution in [0.1, 0.15) is 11.1 Å². The number of ether oxygens (including phenoxy) is 2. The number of nitro benzene ring substituents is 1. The van der Waals surface area contributed by atoms with Crippen LogP contribution in [0, 0.1) is 10.1 Å². The second-order valence-electron chi connectivity index (χ2n) is 5.39. The lowest BCUT2D eigenvalue weighted by Gasteiger charge is -2.13. The van der Waals surface area contributed by atoms with Gasteiger partial charge in [-0.1, -0.05) is 18.2 Å². The van der Waals surface area contributed by atoms with Crippen molar-refractivity contribution in [2.45, 2.75) is 13.1 Å². The lowest BCUT2D eigenvalue weighted by Crippen LogP contribution is -2.36. The molecule has 0 aromatic heterocycles. The maximum Gasteiger partial charge on any atom is 0.269 e. The highest BCUT2D eigenvalue weighted by atomic mass is 127. The number of nitrogens with zero attached hydrogens (tertiary/aromatic N) is 2. The number of hydrogen-bond acceptors (Lipinski definition) is 5. The van der Waals surface area contributed by atoms with E-state index < -0.39 is 4.92 Å². The van der Waals surface area contributed by atoms with E-state index in [0.717, 1.165) is 11.1 Å². The highest BCUT2D eigenvalue weighted by Gasteiger charge is 2.06. The van der Waals surface area contributed by atoms with Crippen molar-refractivity contribution in [3.8, 4) is 11.5 Å². The van der Waals surface area contributed by atoms with Crippen LogP contribution in [0.5, 0.6) is 11.5 Å². The molecule has 2 aromatic carbocycles. The van der Waals surface area contributed by atoms with Gasteiger partial charge in [0.1, 0.15) is 0 Å². The summed E-state index contributed by atoms with van der Waals surface area (Å²) >= 11 is 0. The van der Waals surface area contributed by atoms with Crippen LogP contribution in [0.2, 0.25) is 0 Å². The molecule has 9 heteroatoms. The van der Waals surface area contributed by atoms with E-state index in [9.17, 15) is 10.1 Å². The average Bonchev–Trinajstić information content (AvgIpc) is 2.68. The minimum atomic E-state index is -0.416. The predicted molar refractivity (Wildman–Crippen MR) is 115 cm³/mol. The van der Waals surface area contributed by atoms with Gasteiger partial charge in [0, 0.05) is 32.3 Å². The zero-order valence-corrected chi connectivity index (χ0v) is 17.7. The number of hydrogen-bond donors (Lipinski definition) is 2. The Morgan fingerprint density at radius 1 is 1.00 bits per heavy atom. The van der Waals surface area contributed by atoms with Crippen molar-refractivity contribution in [3.63, 3.8) is 0 Å². The van der Waals surface area contributed by atoms with Crippen molar-refractivity contribution in [1.29, 1.82) is 0 Å². The Balaban J connectivity index is 0.00000364. The number of aliphatic imine (C=N–C) groups is 1. The molecule has 0 radical (unpaired) electrons. The molecule has 0 unspecified atom stereocenters. The molecule has 0 saturated heterocycles. The quantitative estimate of drug-likeness (QED) is 0.205. The average molecular weight is 486 g/mol. The van der Waals surface area contributed by atoms with E-state index in [1.54, 1.807) is 33.4 Å². The summed E-state index contributed by atoms with van der Waals surface area (Å²) in [5, 5.41) is 17.1. The van der Waals surface area contributed by atoms with E-state index in [1.165, 1.54) is 12.1 Å². The van der Waals surface area contributed by atoms with Crippen LogP contribution in [0.4, 0.5) is 5.69 Å². The summed E-state index contributed by atoms with van der Waals surface area (Å²) in [7, 11) is 4.87. The first-order valence-electron chi connectivity index (χ1n) is 7.96. The number of nitrogens with one attached hydrogen (secondary N) is 2. The van der Waals surface area contributed by atoms with E-state index >= 15 is 0 Å². The molecule has 0 heterocycles. The molecule has 2 N–H and O–H groups in total. The number of non-ortho nitro benzene ring substituents is 1. The first kappa shape index (κ1) is 22.5. The Kier molecular flexibility index (Phi) is 9.34. The summed E-state index contributed by atoms with van der Waals surface area (Å²) in [6, 6.07) is 12.1. The Labute approximate surface area is 175 Å². The van der Waals surface area contributed by atoms with E-state index in [0.29, 0.717) is 30.5 Å². The van der Waals surface area contributed by atoms with Gasteiger partial charge in [-0.2, -0.15) is 0 Å². The fourth-order valence-electron chi connectivity index (χ4n) is 2.32. The molecule has 0 saturated carbocycles. The number of rotatable bonds is 7. The number of guanidine groups is 1. The number of methoxy groups -OCH3 is 2. The van der Waals surface area contributed by atoms with E-state index in [1.807, 2.05) is 18.2 Å². The second-order valence-corrected chi connectivity index (χ2v) is 5.39. The Bertz CT molecular complexity index is 781. The standard InChI is InChI=1S/C18H22N4O4.HI/c1-19-18(20-11-13-4-7-15(8-5-13)22(23)24)21-12-14-6-9-16(25-2)17(10-14)26-3;/h4-10H,11-12H2,1-3H3,(H2,19,20,21);1H. The molecule has 0 aliphatic carbocycles. The first-order chi connectivity index (χ1) is 12.6. The van der Waals surface area contributed by atoms with Crippen LogP contribution in [0.25, 0.3) is 0 Å². The lowest BCUT2D eigenvalue weighted by molar-refractivity contribution is -0.384. The van der Waals surface area contributed by atoms with Crippen molar-refractivity contribution >= 4 is 35.6 Å². The van der Waals surface area contributed by atoms with Gasteiger partial charge in [-0.15, -0.1) is 24.0 Å². The summed E-state index contributed by atoms with van der Waals surface area (Å²) in [6.45, 7) is 1.06. The SMILES string of the molecule is CN=C(NCc1ccc([N+](=O)[O-])cc1)NCc1ccc(OC)c(OC)c1.I. The van der Waals surface area contributed by atoms with Crippen LogP contribution < -0.4 is 20.1 Å². The largest absolute Gasteiger partial charge is 0.493 e. The molecule has 0 fully saturated rings. The molecular formula is C18H23IN4O4. The minimum absolute atomic E-state index is 0. The molecule has 8 nitrogen and oxygen atoms in total. The van der Waals surface area contributed by atoms with Crippen LogP contribution in [0.15, 0.2) is 47.5 Å². The highest BCUT2D eigenvalue weighted by Crippen LogP contribution is 2.27. The van der Waals surface area contributed by atoms with E-state index in [4.69, 9.17) is 9.47 Å². The molecule has 2 aromatic rings. The van der Waals surface area contributed by atoms with Gasteiger partial charge in [-0.3, -0.25) is 15.1 Å². The summed E-state index contributed by atoms with van der Waals surface area (Å²) < 4.78 is 10.5. The normalized spacial score (nSPS) is 10.6. The van der Waals surface area contributed by atoms with Gasteiger partial charge >= 0.3 is 0 Å².